The van der Waals surface area contributed by atoms with Crippen LogP contribution in [0.15, 0.2) is 24.4 Å². The zero-order valence-electron chi connectivity index (χ0n) is 9.08. The molecule has 0 aliphatic rings. The molecule has 1 heterocycles. The van der Waals surface area contributed by atoms with Crippen molar-refractivity contribution in [1.29, 1.82) is 0 Å². The molecule has 0 amide bonds. The molecular formula is C12H16N2O. The summed E-state index contributed by atoms with van der Waals surface area (Å²) >= 11 is 0. The Kier molecular flexibility index (Phi) is 2.64. The first-order valence-electron chi connectivity index (χ1n) is 5.21. The van der Waals surface area contributed by atoms with Gasteiger partial charge >= 0.3 is 0 Å². The third kappa shape index (κ3) is 1.83. The second-order valence-electron chi connectivity index (χ2n) is 3.67. The van der Waals surface area contributed by atoms with Crippen LogP contribution >= 0.6 is 0 Å². The summed E-state index contributed by atoms with van der Waals surface area (Å²) in [6.07, 6.45) is 1.96. The lowest BCUT2D eigenvalue weighted by molar-refractivity contribution is 0.340. The van der Waals surface area contributed by atoms with Crippen molar-refractivity contribution in [3.8, 4) is 5.75 Å². The van der Waals surface area contributed by atoms with Crippen LogP contribution in [0.1, 0.15) is 25.5 Å². The molecule has 1 unspecified atom stereocenters. The molecule has 0 saturated heterocycles. The van der Waals surface area contributed by atoms with E-state index in [0.29, 0.717) is 6.61 Å². The Morgan fingerprint density at radius 1 is 1.47 bits per heavy atom. The predicted octanol–water partition coefficient (Wildman–Crippen LogP) is 2.59. The Morgan fingerprint density at radius 3 is 2.93 bits per heavy atom. The van der Waals surface area contributed by atoms with Crippen molar-refractivity contribution in [2.24, 2.45) is 5.73 Å². The first kappa shape index (κ1) is 10.1. The summed E-state index contributed by atoms with van der Waals surface area (Å²) in [6, 6.07) is 6.06. The largest absolute Gasteiger partial charge is 0.494 e. The number of hydrogen-bond donors (Lipinski definition) is 2. The van der Waals surface area contributed by atoms with E-state index in [1.807, 2.05) is 38.2 Å². The SMILES string of the molecule is CCOc1ccc2[nH]cc(C(C)N)c2c1. The number of nitrogens with one attached hydrogen (secondary N) is 1. The summed E-state index contributed by atoms with van der Waals surface area (Å²) in [5.74, 6) is 0.895. The van der Waals surface area contributed by atoms with E-state index in [-0.39, 0.29) is 6.04 Å². The Morgan fingerprint density at radius 2 is 2.27 bits per heavy atom. The molecule has 0 bridgehead atoms. The molecule has 1 aromatic carbocycles. The Balaban J connectivity index is 2.51. The van der Waals surface area contributed by atoms with E-state index in [1.165, 1.54) is 0 Å². The second kappa shape index (κ2) is 3.95. The molecule has 80 valence electrons. The molecule has 0 saturated carbocycles. The van der Waals surface area contributed by atoms with Gasteiger partial charge in [-0.2, -0.15) is 0 Å². The fourth-order valence-corrected chi connectivity index (χ4v) is 1.75. The van der Waals surface area contributed by atoms with E-state index >= 15 is 0 Å². The molecule has 0 aliphatic carbocycles. The summed E-state index contributed by atoms with van der Waals surface area (Å²) in [6.45, 7) is 4.65. The van der Waals surface area contributed by atoms with Gasteiger partial charge < -0.3 is 15.5 Å². The molecule has 3 N–H and O–H groups in total. The van der Waals surface area contributed by atoms with Crippen LogP contribution in [-0.2, 0) is 0 Å². The highest BCUT2D eigenvalue weighted by atomic mass is 16.5. The van der Waals surface area contributed by atoms with Gasteiger partial charge in [-0.3, -0.25) is 0 Å². The van der Waals surface area contributed by atoms with Gasteiger partial charge in [-0.15, -0.1) is 0 Å². The minimum atomic E-state index is 0.0376. The summed E-state index contributed by atoms with van der Waals surface area (Å²) in [4.78, 5) is 3.20. The molecule has 2 aromatic rings. The molecule has 1 atom stereocenters. The first-order valence-corrected chi connectivity index (χ1v) is 5.21. The van der Waals surface area contributed by atoms with Crippen LogP contribution < -0.4 is 10.5 Å². The lowest BCUT2D eigenvalue weighted by Crippen LogP contribution is -2.03. The van der Waals surface area contributed by atoms with Crippen LogP contribution in [-0.4, -0.2) is 11.6 Å². The smallest absolute Gasteiger partial charge is 0.120 e. The number of H-pyrrole nitrogens is 1. The number of aromatic amines is 1. The molecule has 0 fully saturated rings. The number of rotatable bonds is 3. The number of ether oxygens (including phenoxy) is 1. The summed E-state index contributed by atoms with van der Waals surface area (Å²) in [5, 5.41) is 1.15. The van der Waals surface area contributed by atoms with Crippen molar-refractivity contribution in [1.82, 2.24) is 4.98 Å². The van der Waals surface area contributed by atoms with Crippen molar-refractivity contribution >= 4 is 10.9 Å². The number of hydrogen-bond acceptors (Lipinski definition) is 2. The number of benzene rings is 1. The van der Waals surface area contributed by atoms with Crippen LogP contribution in [0.3, 0.4) is 0 Å². The average Bonchev–Trinajstić information content (AvgIpc) is 2.61. The van der Waals surface area contributed by atoms with Gasteiger partial charge in [0.25, 0.3) is 0 Å². The monoisotopic (exact) mass is 204 g/mol. The lowest BCUT2D eigenvalue weighted by Gasteiger charge is -2.05. The summed E-state index contributed by atoms with van der Waals surface area (Å²) in [5.41, 5.74) is 8.12. The molecule has 2 rings (SSSR count). The Bertz CT molecular complexity index is 460. The molecule has 0 radical (unpaired) electrons. The van der Waals surface area contributed by atoms with Crippen molar-refractivity contribution in [3.05, 3.63) is 30.0 Å². The quantitative estimate of drug-likeness (QED) is 0.807. The van der Waals surface area contributed by atoms with Crippen LogP contribution in [0.5, 0.6) is 5.75 Å². The second-order valence-corrected chi connectivity index (χ2v) is 3.67. The molecule has 0 aliphatic heterocycles. The maximum Gasteiger partial charge on any atom is 0.120 e. The van der Waals surface area contributed by atoms with E-state index in [4.69, 9.17) is 10.5 Å². The van der Waals surface area contributed by atoms with Gasteiger partial charge in [0.15, 0.2) is 0 Å². The minimum Gasteiger partial charge on any atom is -0.494 e. The van der Waals surface area contributed by atoms with Gasteiger partial charge in [0.05, 0.1) is 6.61 Å². The molecule has 3 heteroatoms. The average molecular weight is 204 g/mol. The third-order valence-electron chi connectivity index (χ3n) is 2.49. The van der Waals surface area contributed by atoms with Gasteiger partial charge in [0.1, 0.15) is 5.75 Å². The molecule has 15 heavy (non-hydrogen) atoms. The highest BCUT2D eigenvalue weighted by Gasteiger charge is 2.08. The van der Waals surface area contributed by atoms with Crippen molar-refractivity contribution in [2.45, 2.75) is 19.9 Å². The molecular weight excluding hydrogens is 188 g/mol. The van der Waals surface area contributed by atoms with E-state index in [1.54, 1.807) is 0 Å². The zero-order chi connectivity index (χ0) is 10.8. The van der Waals surface area contributed by atoms with E-state index in [2.05, 4.69) is 4.98 Å². The lowest BCUT2D eigenvalue weighted by atomic mass is 10.1. The number of nitrogens with two attached hydrogens (primary N) is 1. The molecule has 1 aromatic heterocycles. The molecule has 3 nitrogen and oxygen atoms in total. The highest BCUT2D eigenvalue weighted by Crippen LogP contribution is 2.26. The maximum absolute atomic E-state index is 5.89. The van der Waals surface area contributed by atoms with Crippen molar-refractivity contribution in [3.63, 3.8) is 0 Å². The van der Waals surface area contributed by atoms with Gasteiger partial charge in [0, 0.05) is 23.1 Å². The van der Waals surface area contributed by atoms with Crippen molar-refractivity contribution in [2.75, 3.05) is 6.61 Å². The fraction of sp³-hybridized carbons (Fsp3) is 0.333. The van der Waals surface area contributed by atoms with Gasteiger partial charge in [-0.1, -0.05) is 0 Å². The first-order chi connectivity index (χ1) is 7.22. The fourth-order valence-electron chi connectivity index (χ4n) is 1.75. The minimum absolute atomic E-state index is 0.0376. The molecule has 0 spiro atoms. The predicted molar refractivity (Wildman–Crippen MR) is 62.1 cm³/mol. The Hall–Kier alpha value is -1.48. The summed E-state index contributed by atoms with van der Waals surface area (Å²) < 4.78 is 5.46. The van der Waals surface area contributed by atoms with Crippen LogP contribution in [0.2, 0.25) is 0 Å². The van der Waals surface area contributed by atoms with Crippen LogP contribution in [0.4, 0.5) is 0 Å². The normalized spacial score (nSPS) is 13.0. The van der Waals surface area contributed by atoms with Gasteiger partial charge in [-0.25, -0.2) is 0 Å². The highest BCUT2D eigenvalue weighted by molar-refractivity contribution is 5.85. The van der Waals surface area contributed by atoms with Crippen molar-refractivity contribution < 1.29 is 4.74 Å². The van der Waals surface area contributed by atoms with Gasteiger partial charge in [-0.05, 0) is 37.6 Å². The van der Waals surface area contributed by atoms with E-state index in [0.717, 1.165) is 22.2 Å². The van der Waals surface area contributed by atoms with E-state index in [9.17, 15) is 0 Å². The van der Waals surface area contributed by atoms with Gasteiger partial charge in [0.2, 0.25) is 0 Å². The van der Waals surface area contributed by atoms with Crippen LogP contribution in [0.25, 0.3) is 10.9 Å². The standard InChI is InChI=1S/C12H16N2O/c1-3-15-9-4-5-12-10(6-9)11(7-14-12)8(2)13/h4-8,14H,3,13H2,1-2H3. The Labute approximate surface area is 89.2 Å². The number of fused-ring (bicyclic) bond motifs is 1. The number of aromatic nitrogens is 1. The zero-order valence-corrected chi connectivity index (χ0v) is 9.08. The third-order valence-corrected chi connectivity index (χ3v) is 2.49. The van der Waals surface area contributed by atoms with Crippen LogP contribution in [0, 0.1) is 0 Å². The topological polar surface area (TPSA) is 51.0 Å². The summed E-state index contributed by atoms with van der Waals surface area (Å²) in [7, 11) is 0. The van der Waals surface area contributed by atoms with E-state index < -0.39 is 0 Å². The maximum atomic E-state index is 5.89.